The largest absolute Gasteiger partial charge is 0.463 e. The van der Waals surface area contributed by atoms with E-state index in [1.165, 1.54) is 0 Å². The first-order valence-electron chi connectivity index (χ1n) is 3.45. The molecule has 0 aromatic carbocycles. The molecule has 0 N–H and O–H groups in total. The van der Waals surface area contributed by atoms with Gasteiger partial charge in [-0.15, -0.1) is 15.0 Å². The number of nitrogens with zero attached hydrogens (tertiary/aromatic N) is 3. The predicted octanol–water partition coefficient (Wildman–Crippen LogP) is 0.766. The summed E-state index contributed by atoms with van der Waals surface area (Å²) in [7, 11) is 0. The predicted molar refractivity (Wildman–Crippen MR) is 35.7 cm³/mol. The zero-order chi connectivity index (χ0) is 7.68. The van der Waals surface area contributed by atoms with Crippen LogP contribution >= 0.6 is 0 Å². The fourth-order valence-corrected chi connectivity index (χ4v) is 0.712. The molecular formula is C6H7N3O2. The van der Waals surface area contributed by atoms with Crippen LogP contribution in [0, 0.1) is 0 Å². The number of hydrogen-bond acceptors (Lipinski definition) is 5. The maximum Gasteiger partial charge on any atom is 0.333 e. The van der Waals surface area contributed by atoms with Crippen molar-refractivity contribution in [2.24, 2.45) is 0 Å². The number of ether oxygens (including phenoxy) is 2. The minimum Gasteiger partial charge on any atom is -0.463 e. The van der Waals surface area contributed by atoms with Gasteiger partial charge in [-0.3, -0.25) is 0 Å². The highest BCUT2D eigenvalue weighted by Crippen LogP contribution is 2.26. The van der Waals surface area contributed by atoms with Gasteiger partial charge in [-0.05, 0) is 6.42 Å². The van der Waals surface area contributed by atoms with Gasteiger partial charge < -0.3 is 9.47 Å². The van der Waals surface area contributed by atoms with E-state index in [2.05, 4.69) is 15.0 Å². The van der Waals surface area contributed by atoms with Gasteiger partial charge in [0.15, 0.2) is 0 Å². The van der Waals surface area contributed by atoms with Gasteiger partial charge in [0.2, 0.25) is 0 Å². The number of aromatic nitrogens is 3. The third-order valence-electron chi connectivity index (χ3n) is 1.19. The smallest absolute Gasteiger partial charge is 0.333 e. The van der Waals surface area contributed by atoms with E-state index in [-0.39, 0.29) is 0 Å². The average Bonchev–Trinajstić information content (AvgIpc) is 2.00. The summed E-state index contributed by atoms with van der Waals surface area (Å²) in [5.41, 5.74) is 0. The monoisotopic (exact) mass is 153 g/mol. The Morgan fingerprint density at radius 1 is 1.27 bits per heavy atom. The maximum absolute atomic E-state index is 5.13. The molecule has 0 aliphatic carbocycles. The van der Waals surface area contributed by atoms with Gasteiger partial charge in [0.25, 0.3) is 0 Å². The van der Waals surface area contributed by atoms with Crippen LogP contribution in [0.5, 0.6) is 18.0 Å². The molecule has 0 radical (unpaired) electrons. The molecular weight excluding hydrogens is 146 g/mol. The molecule has 0 atom stereocenters. The molecule has 3 heterocycles. The lowest BCUT2D eigenvalue weighted by Gasteiger charge is -2.12. The summed E-state index contributed by atoms with van der Waals surface area (Å²) in [6, 6.07) is 1.06. The number of rotatable bonds is 3. The Balaban J connectivity index is 2.05. The van der Waals surface area contributed by atoms with E-state index in [1.807, 2.05) is 6.92 Å². The van der Waals surface area contributed by atoms with Gasteiger partial charge in [-0.25, -0.2) is 0 Å². The van der Waals surface area contributed by atoms with E-state index in [1.54, 1.807) is 0 Å². The van der Waals surface area contributed by atoms with Crippen molar-refractivity contribution in [3.63, 3.8) is 0 Å². The van der Waals surface area contributed by atoms with Crippen LogP contribution < -0.4 is 9.47 Å². The Labute approximate surface area is 63.4 Å². The van der Waals surface area contributed by atoms with E-state index in [9.17, 15) is 0 Å². The van der Waals surface area contributed by atoms with Crippen LogP contribution in [-0.2, 0) is 0 Å². The van der Waals surface area contributed by atoms with Crippen molar-refractivity contribution in [2.45, 2.75) is 13.3 Å². The molecule has 0 saturated carbocycles. The zero-order valence-electron chi connectivity index (χ0n) is 6.07. The van der Waals surface area contributed by atoms with Gasteiger partial charge in [-0.1, -0.05) is 6.92 Å². The molecule has 0 saturated heterocycles. The normalized spacial score (nSPS) is 11.7. The highest BCUT2D eigenvalue weighted by molar-refractivity contribution is 5.19. The molecule has 0 amide bonds. The minimum atomic E-state index is 0.348. The molecule has 58 valence electrons. The van der Waals surface area contributed by atoms with Gasteiger partial charge in [0.1, 0.15) is 0 Å². The first-order valence-corrected chi connectivity index (χ1v) is 3.45. The first kappa shape index (κ1) is 6.33. The van der Waals surface area contributed by atoms with E-state index in [0.717, 1.165) is 6.42 Å². The standard InChI is InChI=1S/C6H7N3O2/c1-2-3-10-4-7-5-9-6(8-4)11-5/h2-3H2,1H3. The number of hydrogen-bond donors (Lipinski definition) is 0. The van der Waals surface area contributed by atoms with Crippen LogP contribution in [0.3, 0.4) is 0 Å². The second-order valence-corrected chi connectivity index (χ2v) is 2.13. The van der Waals surface area contributed by atoms with Crippen LogP contribution in [0.1, 0.15) is 13.3 Å². The van der Waals surface area contributed by atoms with Crippen LogP contribution in [0.2, 0.25) is 0 Å². The van der Waals surface area contributed by atoms with Crippen LogP contribution in [0.4, 0.5) is 0 Å². The van der Waals surface area contributed by atoms with Crippen molar-refractivity contribution < 1.29 is 9.47 Å². The molecule has 2 aliphatic heterocycles. The van der Waals surface area contributed by atoms with Crippen molar-refractivity contribution in [3.8, 4) is 18.0 Å². The zero-order valence-corrected chi connectivity index (χ0v) is 6.07. The molecule has 2 bridgehead atoms. The van der Waals surface area contributed by atoms with E-state index >= 15 is 0 Å². The van der Waals surface area contributed by atoms with E-state index < -0.39 is 0 Å². The van der Waals surface area contributed by atoms with Gasteiger partial charge in [0.05, 0.1) is 6.61 Å². The molecule has 0 unspecified atom stereocenters. The van der Waals surface area contributed by atoms with Gasteiger partial charge in [-0.2, -0.15) is 0 Å². The lowest BCUT2D eigenvalue weighted by molar-refractivity contribution is 0.251. The Kier molecular flexibility index (Phi) is 1.34. The summed E-state index contributed by atoms with van der Waals surface area (Å²) >= 11 is 0. The van der Waals surface area contributed by atoms with Crippen molar-refractivity contribution >= 4 is 0 Å². The minimum absolute atomic E-state index is 0.348. The van der Waals surface area contributed by atoms with E-state index in [4.69, 9.17) is 9.47 Å². The summed E-state index contributed by atoms with van der Waals surface area (Å²) in [5, 5.41) is 0. The first-order chi connectivity index (χ1) is 5.38. The summed E-state index contributed by atoms with van der Waals surface area (Å²) in [6.45, 7) is 2.65. The Morgan fingerprint density at radius 2 is 1.91 bits per heavy atom. The summed E-state index contributed by atoms with van der Waals surface area (Å²) in [5.74, 6) is 0. The fraction of sp³-hybridized carbons (Fsp3) is 0.500. The van der Waals surface area contributed by atoms with E-state index in [0.29, 0.717) is 24.6 Å². The van der Waals surface area contributed by atoms with Crippen LogP contribution in [0.25, 0.3) is 0 Å². The van der Waals surface area contributed by atoms with Gasteiger partial charge in [0, 0.05) is 0 Å². The molecule has 0 fully saturated rings. The maximum atomic E-state index is 5.13. The lowest BCUT2D eigenvalue weighted by Crippen LogP contribution is -2.10. The summed E-state index contributed by atoms with van der Waals surface area (Å²) in [4.78, 5) is 11.4. The summed E-state index contributed by atoms with van der Waals surface area (Å²) < 4.78 is 9.95. The lowest BCUT2D eigenvalue weighted by atomic mass is 10.5. The van der Waals surface area contributed by atoms with Crippen molar-refractivity contribution in [2.75, 3.05) is 6.61 Å². The Bertz CT molecular complexity index is 256. The Hall–Kier alpha value is -1.39. The molecule has 2 aliphatic rings. The molecule has 11 heavy (non-hydrogen) atoms. The average molecular weight is 153 g/mol. The molecule has 0 spiro atoms. The van der Waals surface area contributed by atoms with Crippen LogP contribution in [0.15, 0.2) is 0 Å². The second-order valence-electron chi connectivity index (χ2n) is 2.13. The van der Waals surface area contributed by atoms with Crippen molar-refractivity contribution in [1.29, 1.82) is 0 Å². The molecule has 5 nitrogen and oxygen atoms in total. The molecule has 1 aromatic heterocycles. The second kappa shape index (κ2) is 2.34. The van der Waals surface area contributed by atoms with Crippen molar-refractivity contribution in [3.05, 3.63) is 0 Å². The fourth-order valence-electron chi connectivity index (χ4n) is 0.712. The summed E-state index contributed by atoms with van der Waals surface area (Å²) in [6.07, 6.45) is 0.942. The Morgan fingerprint density at radius 3 is 2.45 bits per heavy atom. The molecule has 3 rings (SSSR count). The molecule has 5 heteroatoms. The van der Waals surface area contributed by atoms with Gasteiger partial charge >= 0.3 is 18.0 Å². The highest BCUT2D eigenvalue weighted by Gasteiger charge is 2.19. The highest BCUT2D eigenvalue weighted by atomic mass is 16.6. The third kappa shape index (κ3) is 1.09. The number of fused-ring (bicyclic) bond motifs is 2. The van der Waals surface area contributed by atoms with Crippen LogP contribution in [-0.4, -0.2) is 21.6 Å². The third-order valence-corrected chi connectivity index (χ3v) is 1.19. The quantitative estimate of drug-likeness (QED) is 0.651. The molecule has 1 aromatic rings. The van der Waals surface area contributed by atoms with Crippen molar-refractivity contribution in [1.82, 2.24) is 15.0 Å². The SMILES string of the molecule is CCCOc1nc2nc(n1)O2. The topological polar surface area (TPSA) is 57.1 Å².